The lowest BCUT2D eigenvalue weighted by Crippen LogP contribution is -2.04. The molecule has 0 aliphatic heterocycles. The van der Waals surface area contributed by atoms with E-state index in [-0.39, 0.29) is 0 Å². The zero-order valence-corrected chi connectivity index (χ0v) is 15.3. The quantitative estimate of drug-likeness (QED) is 0.382. The molecule has 0 aliphatic rings. The Morgan fingerprint density at radius 3 is 2.36 bits per heavy atom. The summed E-state index contributed by atoms with van der Waals surface area (Å²) in [6.07, 6.45) is -2.79. The first-order chi connectivity index (χ1) is 13.4. The van der Waals surface area contributed by atoms with Gasteiger partial charge >= 0.3 is 6.18 Å². The van der Waals surface area contributed by atoms with Crippen LogP contribution in [0, 0.1) is 0 Å². The van der Waals surface area contributed by atoms with Crippen LogP contribution in [0.2, 0.25) is 5.02 Å². The van der Waals surface area contributed by atoms with E-state index < -0.39 is 11.7 Å². The van der Waals surface area contributed by atoms with Crippen LogP contribution in [0.25, 0.3) is 0 Å². The van der Waals surface area contributed by atoms with Gasteiger partial charge in [-0.1, -0.05) is 35.9 Å². The monoisotopic (exact) mass is 404 g/mol. The lowest BCUT2D eigenvalue weighted by Gasteiger charge is -2.08. The molecule has 3 aromatic carbocycles. The SMILES string of the molecule is FC(F)(F)c1ccc(NN=Cc2cccc(OCc3ccc(Cl)cc3)c2)cc1. The number of rotatable bonds is 6. The molecule has 0 heterocycles. The minimum absolute atomic E-state index is 0.404. The molecule has 1 N–H and O–H groups in total. The minimum Gasteiger partial charge on any atom is -0.489 e. The summed E-state index contributed by atoms with van der Waals surface area (Å²) in [5.74, 6) is 0.674. The van der Waals surface area contributed by atoms with E-state index in [1.807, 2.05) is 36.4 Å². The van der Waals surface area contributed by atoms with Gasteiger partial charge in [0.05, 0.1) is 17.5 Å². The molecule has 0 spiro atoms. The van der Waals surface area contributed by atoms with Crippen LogP contribution < -0.4 is 10.2 Å². The Hall–Kier alpha value is -2.99. The van der Waals surface area contributed by atoms with Crippen LogP contribution in [0.4, 0.5) is 18.9 Å². The molecule has 0 aliphatic carbocycles. The highest BCUT2D eigenvalue weighted by Crippen LogP contribution is 2.29. The van der Waals surface area contributed by atoms with Crippen molar-refractivity contribution in [2.75, 3.05) is 5.43 Å². The van der Waals surface area contributed by atoms with Crippen molar-refractivity contribution in [3.63, 3.8) is 0 Å². The minimum atomic E-state index is -4.35. The van der Waals surface area contributed by atoms with E-state index in [9.17, 15) is 13.2 Å². The average Bonchev–Trinajstić information content (AvgIpc) is 2.68. The first-order valence-electron chi connectivity index (χ1n) is 8.34. The number of halogens is 4. The summed E-state index contributed by atoms with van der Waals surface area (Å²) >= 11 is 5.86. The molecule has 3 aromatic rings. The summed E-state index contributed by atoms with van der Waals surface area (Å²) in [5, 5.41) is 4.72. The number of hydrazone groups is 1. The maximum Gasteiger partial charge on any atom is 0.416 e. The fraction of sp³-hybridized carbons (Fsp3) is 0.0952. The zero-order valence-electron chi connectivity index (χ0n) is 14.6. The topological polar surface area (TPSA) is 33.6 Å². The number of nitrogens with zero attached hydrogens (tertiary/aromatic N) is 1. The normalized spacial score (nSPS) is 11.6. The third kappa shape index (κ3) is 5.76. The van der Waals surface area contributed by atoms with Crippen molar-refractivity contribution in [1.29, 1.82) is 0 Å². The Morgan fingerprint density at radius 2 is 1.68 bits per heavy atom. The van der Waals surface area contributed by atoms with Crippen LogP contribution in [0.1, 0.15) is 16.7 Å². The fourth-order valence-electron chi connectivity index (χ4n) is 2.35. The smallest absolute Gasteiger partial charge is 0.416 e. The van der Waals surface area contributed by atoms with Gasteiger partial charge in [0.2, 0.25) is 0 Å². The second-order valence-electron chi connectivity index (χ2n) is 5.93. The van der Waals surface area contributed by atoms with Gasteiger partial charge in [0.25, 0.3) is 0 Å². The molecule has 0 fully saturated rings. The molecule has 0 amide bonds. The molecule has 144 valence electrons. The summed E-state index contributed by atoms with van der Waals surface area (Å²) in [6, 6.07) is 19.4. The largest absolute Gasteiger partial charge is 0.489 e. The predicted molar refractivity (Wildman–Crippen MR) is 105 cm³/mol. The number of benzene rings is 3. The van der Waals surface area contributed by atoms with Crippen LogP contribution in [0.15, 0.2) is 77.9 Å². The van der Waals surface area contributed by atoms with E-state index in [1.165, 1.54) is 12.1 Å². The number of alkyl halides is 3. The number of nitrogens with one attached hydrogen (secondary N) is 1. The molecule has 0 saturated carbocycles. The van der Waals surface area contributed by atoms with Gasteiger partial charge in [0.1, 0.15) is 12.4 Å². The number of anilines is 1. The molecule has 3 rings (SSSR count). The Kier molecular flexibility index (Phi) is 6.21. The van der Waals surface area contributed by atoms with Crippen molar-refractivity contribution in [3.8, 4) is 5.75 Å². The van der Waals surface area contributed by atoms with Gasteiger partial charge in [-0.15, -0.1) is 0 Å². The molecule has 0 radical (unpaired) electrons. The van der Waals surface area contributed by atoms with Crippen molar-refractivity contribution >= 4 is 23.5 Å². The van der Waals surface area contributed by atoms with Crippen LogP contribution >= 0.6 is 11.6 Å². The Balaban J connectivity index is 1.57. The first kappa shape index (κ1) is 19.8. The van der Waals surface area contributed by atoms with Crippen LogP contribution in [-0.2, 0) is 12.8 Å². The number of ether oxygens (including phenoxy) is 1. The van der Waals surface area contributed by atoms with Crippen molar-refractivity contribution in [2.45, 2.75) is 12.8 Å². The highest BCUT2D eigenvalue weighted by molar-refractivity contribution is 6.30. The van der Waals surface area contributed by atoms with Crippen LogP contribution in [0.3, 0.4) is 0 Å². The van der Waals surface area contributed by atoms with Crippen molar-refractivity contribution < 1.29 is 17.9 Å². The summed E-state index contributed by atoms with van der Waals surface area (Å²) < 4.78 is 43.4. The summed E-state index contributed by atoms with van der Waals surface area (Å²) in [4.78, 5) is 0. The van der Waals surface area contributed by atoms with E-state index in [0.29, 0.717) is 23.1 Å². The summed E-state index contributed by atoms with van der Waals surface area (Å²) in [7, 11) is 0. The highest BCUT2D eigenvalue weighted by atomic mass is 35.5. The summed E-state index contributed by atoms with van der Waals surface area (Å²) in [6.45, 7) is 0.404. The Morgan fingerprint density at radius 1 is 0.964 bits per heavy atom. The van der Waals surface area contributed by atoms with Gasteiger partial charge in [-0.05, 0) is 59.7 Å². The van der Waals surface area contributed by atoms with Crippen LogP contribution in [0.5, 0.6) is 5.75 Å². The van der Waals surface area contributed by atoms with E-state index in [4.69, 9.17) is 16.3 Å². The van der Waals surface area contributed by atoms with Crippen molar-refractivity contribution in [3.05, 3.63) is 94.5 Å². The number of hydrogen-bond donors (Lipinski definition) is 1. The van der Waals surface area contributed by atoms with Gasteiger partial charge in [-0.25, -0.2) is 0 Å². The first-order valence-corrected chi connectivity index (χ1v) is 8.71. The average molecular weight is 405 g/mol. The van der Waals surface area contributed by atoms with Gasteiger partial charge in [0, 0.05) is 5.02 Å². The third-order valence-electron chi connectivity index (χ3n) is 3.80. The van der Waals surface area contributed by atoms with E-state index in [1.54, 1.807) is 18.3 Å². The number of hydrogen-bond acceptors (Lipinski definition) is 3. The standard InChI is InChI=1S/C21H16ClF3N2O/c22-18-8-4-15(5-9-18)14-28-20-3-1-2-16(12-20)13-26-27-19-10-6-17(7-11-19)21(23,24)25/h1-13,27H,14H2. The van der Waals surface area contributed by atoms with Crippen LogP contribution in [-0.4, -0.2) is 6.21 Å². The third-order valence-corrected chi connectivity index (χ3v) is 4.05. The van der Waals surface area contributed by atoms with Gasteiger partial charge in [-0.2, -0.15) is 18.3 Å². The molecular formula is C21H16ClF3N2O. The van der Waals surface area contributed by atoms with Gasteiger partial charge < -0.3 is 4.74 Å². The molecule has 7 heteroatoms. The lowest BCUT2D eigenvalue weighted by molar-refractivity contribution is -0.137. The molecular weight excluding hydrogens is 389 g/mol. The molecule has 28 heavy (non-hydrogen) atoms. The van der Waals surface area contributed by atoms with E-state index >= 15 is 0 Å². The molecule has 0 atom stereocenters. The fourth-order valence-corrected chi connectivity index (χ4v) is 2.47. The predicted octanol–water partition coefficient (Wildman–Crippen LogP) is 6.38. The lowest BCUT2D eigenvalue weighted by atomic mass is 10.2. The van der Waals surface area contributed by atoms with Crippen molar-refractivity contribution in [2.24, 2.45) is 5.10 Å². The second kappa shape index (κ2) is 8.80. The zero-order chi connectivity index (χ0) is 20.0. The molecule has 0 bridgehead atoms. The van der Waals surface area contributed by atoms with Gasteiger partial charge in [0.15, 0.2) is 0 Å². The second-order valence-corrected chi connectivity index (χ2v) is 6.37. The maximum atomic E-state index is 12.6. The summed E-state index contributed by atoms with van der Waals surface area (Å²) in [5.41, 5.74) is 4.24. The van der Waals surface area contributed by atoms with Gasteiger partial charge in [-0.3, -0.25) is 5.43 Å². The highest BCUT2D eigenvalue weighted by Gasteiger charge is 2.29. The van der Waals surface area contributed by atoms with Crippen molar-refractivity contribution in [1.82, 2.24) is 0 Å². The molecule has 0 unspecified atom stereocenters. The van der Waals surface area contributed by atoms with E-state index in [0.717, 1.165) is 23.3 Å². The maximum absolute atomic E-state index is 12.6. The molecule has 3 nitrogen and oxygen atoms in total. The molecule has 0 aromatic heterocycles. The van der Waals surface area contributed by atoms with E-state index in [2.05, 4.69) is 10.5 Å². The molecule has 0 saturated heterocycles. The Labute approximate surface area is 165 Å². The Bertz CT molecular complexity index is 939.